The third-order valence-corrected chi connectivity index (χ3v) is 7.38. The van der Waals surface area contributed by atoms with E-state index >= 15 is 0 Å². The Bertz CT molecular complexity index is 1140. The fourth-order valence-electron chi connectivity index (χ4n) is 5.15. The van der Waals surface area contributed by atoms with Gasteiger partial charge in [-0.3, -0.25) is 19.7 Å². The number of anilines is 1. The molecule has 2 aliphatic rings. The van der Waals surface area contributed by atoms with Crippen molar-refractivity contribution in [3.8, 4) is 11.5 Å². The fraction of sp³-hybridized carbons (Fsp3) is 0.400. The number of nitrogens with one attached hydrogen (secondary N) is 1. The van der Waals surface area contributed by atoms with Gasteiger partial charge < -0.3 is 14.2 Å². The number of nitrogens with zero attached hydrogens (tertiary/aromatic N) is 1. The number of hydrogen-bond donors (Lipinski definition) is 1. The van der Waals surface area contributed by atoms with Crippen LogP contribution in [0.3, 0.4) is 0 Å². The van der Waals surface area contributed by atoms with Crippen LogP contribution < -0.4 is 19.7 Å². The summed E-state index contributed by atoms with van der Waals surface area (Å²) >= 11 is 1.52. The van der Waals surface area contributed by atoms with Crippen molar-refractivity contribution < 1.29 is 33.0 Å². The number of carbonyl (C=O) groups is 3. The quantitative estimate of drug-likeness (QED) is 0.435. The summed E-state index contributed by atoms with van der Waals surface area (Å²) in [6.45, 7) is 0. The van der Waals surface area contributed by atoms with Crippen LogP contribution in [0.5, 0.6) is 11.5 Å². The van der Waals surface area contributed by atoms with Gasteiger partial charge >= 0.3 is 5.97 Å². The highest BCUT2D eigenvalue weighted by atomic mass is 32.2. The van der Waals surface area contributed by atoms with Gasteiger partial charge in [0.15, 0.2) is 0 Å². The zero-order valence-electron chi connectivity index (χ0n) is 19.9. The second kappa shape index (κ2) is 9.87. The van der Waals surface area contributed by atoms with Gasteiger partial charge in [0.1, 0.15) is 22.9 Å². The van der Waals surface area contributed by atoms with Crippen LogP contribution in [0.25, 0.3) is 0 Å². The minimum Gasteiger partial charge on any atom is -0.497 e. The van der Waals surface area contributed by atoms with E-state index in [4.69, 9.17) is 14.2 Å². The summed E-state index contributed by atoms with van der Waals surface area (Å²) in [7, 11) is 4.29. The average Bonchev–Trinajstić information content (AvgIpc) is 3.36. The molecule has 10 heteroatoms. The first-order chi connectivity index (χ1) is 16.8. The number of ether oxygens (including phenoxy) is 3. The first kappa shape index (κ1) is 25.0. The van der Waals surface area contributed by atoms with Crippen molar-refractivity contribution in [3.63, 3.8) is 0 Å². The molecule has 2 heterocycles. The molecular formula is C25H27FN2O6S. The number of hydrogen-bond acceptors (Lipinski definition) is 8. The summed E-state index contributed by atoms with van der Waals surface area (Å²) in [6, 6.07) is 9.59. The van der Waals surface area contributed by atoms with E-state index in [-0.39, 0.29) is 12.1 Å². The highest BCUT2D eigenvalue weighted by Crippen LogP contribution is 2.53. The second-order valence-electron chi connectivity index (χ2n) is 8.43. The number of imide groups is 1. The number of amides is 2. The summed E-state index contributed by atoms with van der Waals surface area (Å²) < 4.78 is 29.6. The van der Waals surface area contributed by atoms with Crippen LogP contribution >= 0.6 is 11.8 Å². The molecule has 2 aromatic carbocycles. The van der Waals surface area contributed by atoms with Gasteiger partial charge in [-0.15, -0.1) is 0 Å². The molecule has 186 valence electrons. The lowest BCUT2D eigenvalue weighted by Gasteiger charge is -2.32. The van der Waals surface area contributed by atoms with E-state index in [1.807, 2.05) is 6.26 Å². The summed E-state index contributed by atoms with van der Waals surface area (Å²) in [5.74, 6) is -2.46. The van der Waals surface area contributed by atoms with Crippen LogP contribution in [0.4, 0.5) is 10.1 Å². The predicted molar refractivity (Wildman–Crippen MR) is 129 cm³/mol. The Hall–Kier alpha value is -3.11. The SMILES string of the molecule is COC(=O)[C@]1(CCSC)N[C@H](c2ccc(OC)cc2OC)[C@H]2C(=O)N(c3ccc(F)cc3)C(=O)[C@@H]21. The van der Waals surface area contributed by atoms with Crippen molar-refractivity contribution in [1.29, 1.82) is 0 Å². The average molecular weight is 503 g/mol. The minimum absolute atomic E-state index is 0.250. The van der Waals surface area contributed by atoms with Gasteiger partial charge in [0.2, 0.25) is 11.8 Å². The Balaban J connectivity index is 1.88. The van der Waals surface area contributed by atoms with E-state index in [0.29, 0.717) is 22.8 Å². The van der Waals surface area contributed by atoms with Crippen molar-refractivity contribution in [2.45, 2.75) is 18.0 Å². The number of thioether (sulfide) groups is 1. The van der Waals surface area contributed by atoms with Gasteiger partial charge in [0.05, 0.1) is 38.9 Å². The lowest BCUT2D eigenvalue weighted by Crippen LogP contribution is -2.56. The number of methoxy groups -OCH3 is 3. The molecule has 8 nitrogen and oxygen atoms in total. The maximum atomic E-state index is 13.8. The Morgan fingerprint density at radius 1 is 1.09 bits per heavy atom. The minimum atomic E-state index is -1.43. The fourth-order valence-corrected chi connectivity index (χ4v) is 5.68. The molecule has 0 radical (unpaired) electrons. The number of esters is 1. The number of carbonyl (C=O) groups excluding carboxylic acids is 3. The maximum Gasteiger partial charge on any atom is 0.326 e. The summed E-state index contributed by atoms with van der Waals surface area (Å²) in [5, 5.41) is 3.33. The Kier molecular flexibility index (Phi) is 7.05. The summed E-state index contributed by atoms with van der Waals surface area (Å²) in [5.41, 5.74) is -0.570. The molecule has 0 spiro atoms. The lowest BCUT2D eigenvalue weighted by atomic mass is 9.77. The molecule has 0 saturated carbocycles. The van der Waals surface area contributed by atoms with E-state index in [1.165, 1.54) is 57.4 Å². The van der Waals surface area contributed by atoms with Crippen molar-refractivity contribution in [2.24, 2.45) is 11.8 Å². The summed E-state index contributed by atoms with van der Waals surface area (Å²) in [6.07, 6.45) is 2.17. The van der Waals surface area contributed by atoms with Gasteiger partial charge in [-0.2, -0.15) is 11.8 Å². The number of benzene rings is 2. The van der Waals surface area contributed by atoms with Crippen molar-refractivity contribution in [3.05, 3.63) is 53.8 Å². The zero-order chi connectivity index (χ0) is 25.3. The molecule has 2 aliphatic heterocycles. The van der Waals surface area contributed by atoms with E-state index in [2.05, 4.69) is 5.32 Å². The molecule has 2 aromatic rings. The van der Waals surface area contributed by atoms with Crippen LogP contribution in [0.15, 0.2) is 42.5 Å². The van der Waals surface area contributed by atoms with Crippen molar-refractivity contribution in [2.75, 3.05) is 38.2 Å². The molecule has 0 bridgehead atoms. The Morgan fingerprint density at radius 2 is 1.80 bits per heavy atom. The first-order valence-electron chi connectivity index (χ1n) is 11.0. The highest BCUT2D eigenvalue weighted by molar-refractivity contribution is 7.98. The Morgan fingerprint density at radius 3 is 2.40 bits per heavy atom. The molecule has 35 heavy (non-hydrogen) atoms. The van der Waals surface area contributed by atoms with E-state index in [9.17, 15) is 18.8 Å². The molecule has 4 rings (SSSR count). The van der Waals surface area contributed by atoms with Gasteiger partial charge in [-0.1, -0.05) is 6.07 Å². The largest absolute Gasteiger partial charge is 0.497 e. The van der Waals surface area contributed by atoms with Crippen LogP contribution in [-0.2, 0) is 19.1 Å². The zero-order valence-corrected chi connectivity index (χ0v) is 20.7. The monoisotopic (exact) mass is 502 g/mol. The second-order valence-corrected chi connectivity index (χ2v) is 9.41. The molecule has 1 N–H and O–H groups in total. The maximum absolute atomic E-state index is 13.8. The third kappa shape index (κ3) is 4.04. The standard InChI is InChI=1S/C25H27FN2O6S/c1-32-16-9-10-17(18(13-16)33-2)21-19-20(25(27-21,11-12-35-4)24(31)34-3)23(30)28(22(19)29)15-7-5-14(26)6-8-15/h5-10,13,19-21,27H,11-12H2,1-4H3/t19-,20+,21+,25+/m0/s1. The molecule has 0 unspecified atom stereocenters. The molecule has 0 aromatic heterocycles. The predicted octanol–water partition coefficient (Wildman–Crippen LogP) is 2.96. The molecule has 2 amide bonds. The first-order valence-corrected chi connectivity index (χ1v) is 12.4. The van der Waals surface area contributed by atoms with Gasteiger partial charge in [-0.25, -0.2) is 9.29 Å². The van der Waals surface area contributed by atoms with E-state index < -0.39 is 47.0 Å². The van der Waals surface area contributed by atoms with Crippen molar-refractivity contribution in [1.82, 2.24) is 5.32 Å². The number of halogens is 1. The van der Waals surface area contributed by atoms with Crippen LogP contribution in [0, 0.1) is 17.7 Å². The normalized spacial score (nSPS) is 25.5. The smallest absolute Gasteiger partial charge is 0.326 e. The van der Waals surface area contributed by atoms with Crippen molar-refractivity contribution >= 4 is 35.2 Å². The molecule has 2 fully saturated rings. The topological polar surface area (TPSA) is 94.2 Å². The third-order valence-electron chi connectivity index (χ3n) is 6.76. The van der Waals surface area contributed by atoms with Gasteiger partial charge in [-0.05, 0) is 48.8 Å². The number of fused-ring (bicyclic) bond motifs is 1. The highest BCUT2D eigenvalue weighted by Gasteiger charge is 2.69. The number of rotatable bonds is 8. The van der Waals surface area contributed by atoms with Gasteiger partial charge in [0.25, 0.3) is 0 Å². The summed E-state index contributed by atoms with van der Waals surface area (Å²) in [4.78, 5) is 42.0. The molecular weight excluding hydrogens is 475 g/mol. The lowest BCUT2D eigenvalue weighted by molar-refractivity contribution is -0.152. The van der Waals surface area contributed by atoms with E-state index in [0.717, 1.165) is 4.90 Å². The molecule has 4 atom stereocenters. The van der Waals surface area contributed by atoms with Gasteiger partial charge in [0, 0.05) is 17.7 Å². The molecule has 2 saturated heterocycles. The van der Waals surface area contributed by atoms with Crippen LogP contribution in [0.2, 0.25) is 0 Å². The molecule has 0 aliphatic carbocycles. The Labute approximate surface area is 207 Å². The van der Waals surface area contributed by atoms with E-state index in [1.54, 1.807) is 18.2 Å². The van der Waals surface area contributed by atoms with Crippen LogP contribution in [-0.4, -0.2) is 56.7 Å². The van der Waals surface area contributed by atoms with Crippen LogP contribution in [0.1, 0.15) is 18.0 Å².